The van der Waals surface area contributed by atoms with E-state index in [4.69, 9.17) is 4.74 Å². The van der Waals surface area contributed by atoms with Crippen LogP contribution in [-0.4, -0.2) is 51.7 Å². The van der Waals surface area contributed by atoms with Crippen LogP contribution >= 0.6 is 0 Å². The van der Waals surface area contributed by atoms with Crippen LogP contribution < -0.4 is 4.74 Å². The fourth-order valence-electron chi connectivity index (χ4n) is 3.18. The molecule has 134 valence electrons. The highest BCUT2D eigenvalue weighted by Crippen LogP contribution is 2.32. The third-order valence-electron chi connectivity index (χ3n) is 4.67. The fraction of sp³-hybridized carbons (Fsp3) is 0.444. The van der Waals surface area contributed by atoms with Gasteiger partial charge >= 0.3 is 0 Å². The number of aromatic nitrogens is 2. The standard InChI is InChI=1S/C18H22FN3O3/c1-22(18(24)17-20-9-10-21-17)11-8-12-2-7-15(16(12)23)25-14-5-3-13(19)4-6-14/h3-6,9-10,12,15-16,23H,2,7-8,11H2,1H3,(H,20,21)/t12-,15-,16-/m1/s1. The van der Waals surface area contributed by atoms with E-state index in [1.54, 1.807) is 36.5 Å². The van der Waals surface area contributed by atoms with Gasteiger partial charge < -0.3 is 19.7 Å². The summed E-state index contributed by atoms with van der Waals surface area (Å²) >= 11 is 0. The fourth-order valence-corrected chi connectivity index (χ4v) is 3.18. The molecule has 1 aromatic heterocycles. The smallest absolute Gasteiger partial charge is 0.289 e. The lowest BCUT2D eigenvalue weighted by Crippen LogP contribution is -2.34. The molecule has 1 aliphatic rings. The number of carbonyl (C=O) groups is 1. The summed E-state index contributed by atoms with van der Waals surface area (Å²) in [5.41, 5.74) is 0. The second kappa shape index (κ2) is 7.65. The number of hydrogen-bond acceptors (Lipinski definition) is 4. The van der Waals surface area contributed by atoms with Gasteiger partial charge in [-0.25, -0.2) is 9.37 Å². The van der Waals surface area contributed by atoms with Gasteiger partial charge in [-0.15, -0.1) is 0 Å². The number of ether oxygens (including phenoxy) is 1. The molecule has 1 heterocycles. The topological polar surface area (TPSA) is 78.5 Å². The minimum absolute atomic E-state index is 0.0669. The molecule has 0 aliphatic heterocycles. The lowest BCUT2D eigenvalue weighted by atomic mass is 10.0. The first kappa shape index (κ1) is 17.4. The zero-order valence-electron chi connectivity index (χ0n) is 14.1. The first-order chi connectivity index (χ1) is 12.0. The first-order valence-electron chi connectivity index (χ1n) is 8.39. The van der Waals surface area contributed by atoms with Crippen molar-refractivity contribution in [1.29, 1.82) is 0 Å². The molecule has 0 bridgehead atoms. The third-order valence-corrected chi connectivity index (χ3v) is 4.67. The van der Waals surface area contributed by atoms with Crippen molar-refractivity contribution in [2.45, 2.75) is 31.5 Å². The highest BCUT2D eigenvalue weighted by Gasteiger charge is 2.36. The van der Waals surface area contributed by atoms with Gasteiger partial charge in [0.2, 0.25) is 0 Å². The monoisotopic (exact) mass is 347 g/mol. The van der Waals surface area contributed by atoms with Crippen molar-refractivity contribution in [3.63, 3.8) is 0 Å². The van der Waals surface area contributed by atoms with E-state index in [0.29, 0.717) is 24.5 Å². The van der Waals surface area contributed by atoms with E-state index in [1.165, 1.54) is 12.1 Å². The number of benzene rings is 1. The Bertz CT molecular complexity index is 690. The molecule has 1 saturated carbocycles. The predicted molar refractivity (Wildman–Crippen MR) is 89.7 cm³/mol. The molecule has 0 saturated heterocycles. The molecule has 2 N–H and O–H groups in total. The number of aliphatic hydroxyl groups excluding tert-OH is 1. The largest absolute Gasteiger partial charge is 0.488 e. The Morgan fingerprint density at radius 1 is 1.40 bits per heavy atom. The quantitative estimate of drug-likeness (QED) is 0.840. The van der Waals surface area contributed by atoms with Gasteiger partial charge in [0.1, 0.15) is 17.7 Å². The van der Waals surface area contributed by atoms with Crippen molar-refractivity contribution in [3.05, 3.63) is 48.3 Å². The minimum atomic E-state index is -0.600. The molecule has 3 atom stereocenters. The number of rotatable bonds is 6. The lowest BCUT2D eigenvalue weighted by Gasteiger charge is -2.23. The van der Waals surface area contributed by atoms with Crippen molar-refractivity contribution in [2.75, 3.05) is 13.6 Å². The molecule has 0 spiro atoms. The van der Waals surface area contributed by atoms with Crippen molar-refractivity contribution in [1.82, 2.24) is 14.9 Å². The highest BCUT2D eigenvalue weighted by molar-refractivity contribution is 5.90. The third kappa shape index (κ3) is 4.17. The summed E-state index contributed by atoms with van der Waals surface area (Å²) in [4.78, 5) is 20.5. The zero-order valence-corrected chi connectivity index (χ0v) is 14.1. The molecular weight excluding hydrogens is 325 g/mol. The maximum atomic E-state index is 12.9. The number of carbonyl (C=O) groups excluding carboxylic acids is 1. The Hall–Kier alpha value is -2.41. The normalized spacial score (nSPS) is 22.8. The van der Waals surface area contributed by atoms with Crippen LogP contribution in [0.2, 0.25) is 0 Å². The molecule has 1 amide bonds. The lowest BCUT2D eigenvalue weighted by molar-refractivity contribution is 0.0304. The summed E-state index contributed by atoms with van der Waals surface area (Å²) in [6.07, 6.45) is 4.50. The van der Waals surface area contributed by atoms with E-state index >= 15 is 0 Å². The molecule has 25 heavy (non-hydrogen) atoms. The van der Waals surface area contributed by atoms with Crippen molar-refractivity contribution >= 4 is 5.91 Å². The number of amides is 1. The summed E-state index contributed by atoms with van der Waals surface area (Å²) in [5, 5.41) is 10.5. The Labute approximate surface area is 145 Å². The predicted octanol–water partition coefficient (Wildman–Crippen LogP) is 2.23. The second-order valence-electron chi connectivity index (χ2n) is 6.39. The zero-order chi connectivity index (χ0) is 17.8. The van der Waals surface area contributed by atoms with Gasteiger partial charge in [0.05, 0.1) is 6.10 Å². The number of H-pyrrole nitrogens is 1. The van der Waals surface area contributed by atoms with Crippen LogP contribution in [-0.2, 0) is 0 Å². The number of aliphatic hydroxyl groups is 1. The average Bonchev–Trinajstić information content (AvgIpc) is 3.25. The molecule has 1 fully saturated rings. The number of nitrogens with one attached hydrogen (secondary N) is 1. The van der Waals surface area contributed by atoms with Gasteiger partial charge in [0.15, 0.2) is 5.82 Å². The molecule has 6 nitrogen and oxygen atoms in total. The van der Waals surface area contributed by atoms with Gasteiger partial charge in [0.25, 0.3) is 5.91 Å². The Kier molecular flexibility index (Phi) is 5.33. The Morgan fingerprint density at radius 3 is 2.84 bits per heavy atom. The van der Waals surface area contributed by atoms with Gasteiger partial charge in [-0.05, 0) is 49.4 Å². The number of nitrogens with zero attached hydrogens (tertiary/aromatic N) is 2. The van der Waals surface area contributed by atoms with E-state index in [1.807, 2.05) is 0 Å². The SMILES string of the molecule is CN(CC[C@H]1CC[C@@H](Oc2ccc(F)cc2)[C@@H]1O)C(=O)c1ncc[nH]1. The number of imidazole rings is 1. The van der Waals surface area contributed by atoms with Crippen LogP contribution in [0.25, 0.3) is 0 Å². The summed E-state index contributed by atoms with van der Waals surface area (Å²) < 4.78 is 18.7. The molecule has 1 aliphatic carbocycles. The summed E-state index contributed by atoms with van der Waals surface area (Å²) in [7, 11) is 1.72. The first-order valence-corrected chi connectivity index (χ1v) is 8.39. The van der Waals surface area contributed by atoms with Crippen molar-refractivity contribution in [2.24, 2.45) is 5.92 Å². The summed E-state index contributed by atoms with van der Waals surface area (Å²) in [5.74, 6) is 0.443. The maximum Gasteiger partial charge on any atom is 0.289 e. The molecule has 7 heteroatoms. The van der Waals surface area contributed by atoms with Gasteiger partial charge in [-0.3, -0.25) is 4.79 Å². The van der Waals surface area contributed by atoms with E-state index < -0.39 is 6.10 Å². The number of aromatic amines is 1. The van der Waals surface area contributed by atoms with E-state index in [-0.39, 0.29) is 23.7 Å². The molecule has 0 unspecified atom stereocenters. The van der Waals surface area contributed by atoms with Gasteiger partial charge in [-0.1, -0.05) is 0 Å². The average molecular weight is 347 g/mol. The van der Waals surface area contributed by atoms with Crippen LogP contribution in [0.5, 0.6) is 5.75 Å². The highest BCUT2D eigenvalue weighted by atomic mass is 19.1. The van der Waals surface area contributed by atoms with Crippen LogP contribution in [0.3, 0.4) is 0 Å². The van der Waals surface area contributed by atoms with Crippen LogP contribution in [0.4, 0.5) is 4.39 Å². The molecule has 1 aromatic carbocycles. The molecule has 3 rings (SSSR count). The molecular formula is C18H22FN3O3. The molecule has 2 aromatic rings. The summed E-state index contributed by atoms with van der Waals surface area (Å²) in [6.45, 7) is 0.532. The Balaban J connectivity index is 1.49. The molecule has 0 radical (unpaired) electrons. The van der Waals surface area contributed by atoms with Crippen LogP contribution in [0.1, 0.15) is 29.9 Å². The van der Waals surface area contributed by atoms with Crippen molar-refractivity contribution in [3.8, 4) is 5.75 Å². The summed E-state index contributed by atoms with van der Waals surface area (Å²) in [6, 6.07) is 5.79. The van der Waals surface area contributed by atoms with E-state index in [2.05, 4.69) is 9.97 Å². The van der Waals surface area contributed by atoms with Gasteiger partial charge in [-0.2, -0.15) is 0 Å². The number of halogens is 1. The second-order valence-corrected chi connectivity index (χ2v) is 6.39. The van der Waals surface area contributed by atoms with E-state index in [0.717, 1.165) is 12.8 Å². The van der Waals surface area contributed by atoms with E-state index in [9.17, 15) is 14.3 Å². The van der Waals surface area contributed by atoms with Crippen LogP contribution in [0.15, 0.2) is 36.7 Å². The van der Waals surface area contributed by atoms with Crippen LogP contribution in [0, 0.1) is 11.7 Å². The maximum absolute atomic E-state index is 12.9. The van der Waals surface area contributed by atoms with Gasteiger partial charge in [0, 0.05) is 26.0 Å². The number of hydrogen-bond donors (Lipinski definition) is 2. The minimum Gasteiger partial charge on any atom is -0.488 e. The van der Waals surface area contributed by atoms with Crippen molar-refractivity contribution < 1.29 is 19.0 Å². The Morgan fingerprint density at radius 2 is 2.16 bits per heavy atom.